The standard InChI is InChI=1S/C19H24N4O2/c1-3-25-17-11-7-6-10-15(17)22-19-20-13(2)12-16(23-19)18(24)21-14-8-4-5-9-14/h6-7,10-12,14H,3-5,8-9H2,1-2H3,(H,21,24)(H,20,22,23). The van der Waals surface area contributed by atoms with E-state index < -0.39 is 0 Å². The summed E-state index contributed by atoms with van der Waals surface area (Å²) < 4.78 is 5.61. The van der Waals surface area contributed by atoms with Gasteiger partial charge in [-0.25, -0.2) is 9.97 Å². The molecule has 0 spiro atoms. The van der Waals surface area contributed by atoms with Gasteiger partial charge in [0, 0.05) is 11.7 Å². The summed E-state index contributed by atoms with van der Waals surface area (Å²) in [7, 11) is 0. The van der Waals surface area contributed by atoms with Gasteiger partial charge in [0.2, 0.25) is 5.95 Å². The van der Waals surface area contributed by atoms with Crippen LogP contribution in [0.1, 0.15) is 48.8 Å². The maximum Gasteiger partial charge on any atom is 0.270 e. The molecule has 0 bridgehead atoms. The lowest BCUT2D eigenvalue weighted by atomic mass is 10.2. The van der Waals surface area contributed by atoms with Crippen LogP contribution in [-0.2, 0) is 0 Å². The lowest BCUT2D eigenvalue weighted by Crippen LogP contribution is -2.33. The number of rotatable bonds is 6. The summed E-state index contributed by atoms with van der Waals surface area (Å²) in [5.74, 6) is 0.981. The molecule has 1 aliphatic carbocycles. The second-order valence-electron chi connectivity index (χ2n) is 6.23. The average molecular weight is 340 g/mol. The molecule has 25 heavy (non-hydrogen) atoms. The summed E-state index contributed by atoms with van der Waals surface area (Å²) in [5.41, 5.74) is 1.90. The molecule has 2 aromatic rings. The van der Waals surface area contributed by atoms with Gasteiger partial charge in [0.05, 0.1) is 12.3 Å². The SMILES string of the molecule is CCOc1ccccc1Nc1nc(C)cc(C(=O)NC2CCCC2)n1. The second kappa shape index (κ2) is 7.96. The normalized spacial score (nSPS) is 14.3. The molecule has 132 valence electrons. The van der Waals surface area contributed by atoms with Gasteiger partial charge >= 0.3 is 0 Å². The molecular weight excluding hydrogens is 316 g/mol. The number of nitrogens with zero attached hydrogens (tertiary/aromatic N) is 2. The number of amides is 1. The van der Waals surface area contributed by atoms with Gasteiger partial charge in [-0.05, 0) is 44.9 Å². The average Bonchev–Trinajstić information content (AvgIpc) is 3.09. The van der Waals surface area contributed by atoms with Gasteiger partial charge in [0.1, 0.15) is 11.4 Å². The van der Waals surface area contributed by atoms with Crippen molar-refractivity contribution in [2.24, 2.45) is 0 Å². The van der Waals surface area contributed by atoms with Crippen molar-refractivity contribution in [3.05, 3.63) is 41.7 Å². The van der Waals surface area contributed by atoms with E-state index in [-0.39, 0.29) is 11.9 Å². The van der Waals surface area contributed by atoms with Crippen LogP contribution in [0.2, 0.25) is 0 Å². The number of nitrogens with one attached hydrogen (secondary N) is 2. The summed E-state index contributed by atoms with van der Waals surface area (Å²) in [6.07, 6.45) is 4.44. The number of hydrogen-bond acceptors (Lipinski definition) is 5. The van der Waals surface area contributed by atoms with Gasteiger partial charge in [-0.2, -0.15) is 0 Å². The molecule has 1 saturated carbocycles. The molecule has 1 fully saturated rings. The van der Waals surface area contributed by atoms with Crippen LogP contribution in [0.3, 0.4) is 0 Å². The van der Waals surface area contributed by atoms with E-state index >= 15 is 0 Å². The predicted molar refractivity (Wildman–Crippen MR) is 97.4 cm³/mol. The number of aromatic nitrogens is 2. The Morgan fingerprint density at radius 3 is 2.76 bits per heavy atom. The summed E-state index contributed by atoms with van der Waals surface area (Å²) in [6, 6.07) is 9.58. The fourth-order valence-electron chi connectivity index (χ4n) is 3.04. The van der Waals surface area contributed by atoms with Crippen molar-refractivity contribution in [2.45, 2.75) is 45.6 Å². The van der Waals surface area contributed by atoms with Crippen LogP contribution >= 0.6 is 0 Å². The lowest BCUT2D eigenvalue weighted by molar-refractivity contribution is 0.0932. The maximum atomic E-state index is 12.5. The first kappa shape index (κ1) is 17.2. The highest BCUT2D eigenvalue weighted by molar-refractivity contribution is 5.93. The summed E-state index contributed by atoms with van der Waals surface area (Å²) >= 11 is 0. The van der Waals surface area contributed by atoms with Crippen LogP contribution in [-0.4, -0.2) is 28.5 Å². The van der Waals surface area contributed by atoms with E-state index in [4.69, 9.17) is 4.74 Å². The number of hydrogen-bond donors (Lipinski definition) is 2. The molecule has 0 aliphatic heterocycles. The van der Waals surface area contributed by atoms with E-state index in [9.17, 15) is 4.79 Å². The molecular formula is C19H24N4O2. The number of para-hydroxylation sites is 2. The highest BCUT2D eigenvalue weighted by Crippen LogP contribution is 2.26. The Morgan fingerprint density at radius 2 is 2.00 bits per heavy atom. The van der Waals surface area contributed by atoms with E-state index in [0.29, 0.717) is 18.2 Å². The van der Waals surface area contributed by atoms with Crippen LogP contribution in [0.4, 0.5) is 11.6 Å². The number of carbonyl (C=O) groups is 1. The van der Waals surface area contributed by atoms with Crippen molar-refractivity contribution in [3.8, 4) is 5.75 Å². The van der Waals surface area contributed by atoms with Crippen molar-refractivity contribution < 1.29 is 9.53 Å². The molecule has 0 radical (unpaired) electrons. The molecule has 6 nitrogen and oxygen atoms in total. The van der Waals surface area contributed by atoms with E-state index in [2.05, 4.69) is 20.6 Å². The molecule has 0 unspecified atom stereocenters. The number of ether oxygens (including phenoxy) is 1. The smallest absolute Gasteiger partial charge is 0.270 e. The first-order valence-electron chi connectivity index (χ1n) is 8.81. The Labute approximate surface area is 148 Å². The Bertz CT molecular complexity index is 742. The van der Waals surface area contributed by atoms with E-state index in [1.165, 1.54) is 12.8 Å². The number of anilines is 2. The highest BCUT2D eigenvalue weighted by atomic mass is 16.5. The largest absolute Gasteiger partial charge is 0.492 e. The first-order chi connectivity index (χ1) is 12.2. The van der Waals surface area contributed by atoms with Gasteiger partial charge in [0.15, 0.2) is 0 Å². The molecule has 3 rings (SSSR count). The number of carbonyl (C=O) groups excluding carboxylic acids is 1. The number of aryl methyl sites for hydroxylation is 1. The van der Waals surface area contributed by atoms with Crippen LogP contribution < -0.4 is 15.4 Å². The van der Waals surface area contributed by atoms with Gasteiger partial charge < -0.3 is 15.4 Å². The predicted octanol–water partition coefficient (Wildman–Crippen LogP) is 3.60. The van der Waals surface area contributed by atoms with Crippen LogP contribution in [0.5, 0.6) is 5.75 Å². The Hall–Kier alpha value is -2.63. The van der Waals surface area contributed by atoms with E-state index in [0.717, 1.165) is 30.0 Å². The van der Waals surface area contributed by atoms with Crippen molar-refractivity contribution >= 4 is 17.5 Å². The molecule has 1 aromatic carbocycles. The van der Waals surface area contributed by atoms with Crippen LogP contribution in [0, 0.1) is 6.92 Å². The zero-order valence-corrected chi connectivity index (χ0v) is 14.7. The zero-order chi connectivity index (χ0) is 17.6. The minimum Gasteiger partial charge on any atom is -0.492 e. The van der Waals surface area contributed by atoms with Crippen molar-refractivity contribution in [1.29, 1.82) is 0 Å². The highest BCUT2D eigenvalue weighted by Gasteiger charge is 2.19. The fourth-order valence-corrected chi connectivity index (χ4v) is 3.04. The van der Waals surface area contributed by atoms with Crippen molar-refractivity contribution in [1.82, 2.24) is 15.3 Å². The van der Waals surface area contributed by atoms with Crippen molar-refractivity contribution in [2.75, 3.05) is 11.9 Å². The third-order valence-corrected chi connectivity index (χ3v) is 4.21. The third-order valence-electron chi connectivity index (χ3n) is 4.21. The van der Waals surface area contributed by atoms with Crippen LogP contribution in [0.25, 0.3) is 0 Å². The zero-order valence-electron chi connectivity index (χ0n) is 14.7. The quantitative estimate of drug-likeness (QED) is 0.840. The minimum atomic E-state index is -0.140. The third kappa shape index (κ3) is 4.47. The van der Waals surface area contributed by atoms with Gasteiger partial charge in [-0.1, -0.05) is 25.0 Å². The summed E-state index contributed by atoms with van der Waals surface area (Å²) in [6.45, 7) is 4.36. The maximum absolute atomic E-state index is 12.5. The Morgan fingerprint density at radius 1 is 1.24 bits per heavy atom. The molecule has 1 aromatic heterocycles. The van der Waals surface area contributed by atoms with E-state index in [1.54, 1.807) is 6.07 Å². The molecule has 0 saturated heterocycles. The first-order valence-corrected chi connectivity index (χ1v) is 8.81. The Balaban J connectivity index is 1.78. The second-order valence-corrected chi connectivity index (χ2v) is 6.23. The molecule has 1 aliphatic rings. The molecule has 6 heteroatoms. The summed E-state index contributed by atoms with van der Waals surface area (Å²) in [4.78, 5) is 21.2. The van der Waals surface area contributed by atoms with E-state index in [1.807, 2.05) is 38.1 Å². The molecule has 2 N–H and O–H groups in total. The summed E-state index contributed by atoms with van der Waals surface area (Å²) in [5, 5.41) is 6.22. The van der Waals surface area contributed by atoms with Crippen LogP contribution in [0.15, 0.2) is 30.3 Å². The monoisotopic (exact) mass is 340 g/mol. The van der Waals surface area contributed by atoms with Crippen molar-refractivity contribution in [3.63, 3.8) is 0 Å². The topological polar surface area (TPSA) is 76.1 Å². The molecule has 0 atom stereocenters. The lowest BCUT2D eigenvalue weighted by Gasteiger charge is -2.14. The molecule has 1 amide bonds. The van der Waals surface area contributed by atoms with Gasteiger partial charge in [-0.3, -0.25) is 4.79 Å². The number of benzene rings is 1. The molecule has 1 heterocycles. The van der Waals surface area contributed by atoms with Gasteiger partial charge in [-0.15, -0.1) is 0 Å². The van der Waals surface area contributed by atoms with Gasteiger partial charge in [0.25, 0.3) is 5.91 Å². The Kier molecular flexibility index (Phi) is 5.48. The minimum absolute atomic E-state index is 0.140. The fraction of sp³-hybridized carbons (Fsp3) is 0.421.